The second-order valence-corrected chi connectivity index (χ2v) is 7.38. The first kappa shape index (κ1) is 16.1. The van der Waals surface area contributed by atoms with Crippen LogP contribution in [-0.4, -0.2) is 14.5 Å². The van der Waals surface area contributed by atoms with E-state index in [1.165, 1.54) is 12.1 Å². The number of rotatable bonds is 4. The lowest BCUT2D eigenvalue weighted by atomic mass is 9.89. The van der Waals surface area contributed by atoms with E-state index in [-0.39, 0.29) is 28.5 Å². The highest BCUT2D eigenvalue weighted by Crippen LogP contribution is 2.21. The number of hydrogen-bond donors (Lipinski definition) is 2. The molecule has 0 aliphatic carbocycles. The summed E-state index contributed by atoms with van der Waals surface area (Å²) >= 11 is 0. The Balaban J connectivity index is 3.08. The molecule has 108 valence electrons. The van der Waals surface area contributed by atoms with E-state index in [2.05, 4.69) is 4.72 Å². The Morgan fingerprint density at radius 3 is 2.42 bits per heavy atom. The van der Waals surface area contributed by atoms with Gasteiger partial charge in [-0.25, -0.2) is 17.5 Å². The topological polar surface area (TPSA) is 72.2 Å². The van der Waals surface area contributed by atoms with Crippen LogP contribution in [0.3, 0.4) is 0 Å². The standard InChI is InChI=1S/C13H21FN2O2S/c1-9(13(2,3)4)16-19(17,18)11-5-6-12(14)10(7-11)8-15/h5-7,9,16H,8,15H2,1-4H3. The average Bonchev–Trinajstić information content (AvgIpc) is 2.27. The Hall–Kier alpha value is -0.980. The summed E-state index contributed by atoms with van der Waals surface area (Å²) in [6.07, 6.45) is 0. The highest BCUT2D eigenvalue weighted by molar-refractivity contribution is 7.89. The predicted molar refractivity (Wildman–Crippen MR) is 73.5 cm³/mol. The van der Waals surface area contributed by atoms with Crippen LogP contribution in [-0.2, 0) is 16.6 Å². The van der Waals surface area contributed by atoms with Gasteiger partial charge in [-0.05, 0) is 30.5 Å². The molecule has 6 heteroatoms. The second-order valence-electron chi connectivity index (χ2n) is 5.67. The largest absolute Gasteiger partial charge is 0.326 e. The summed E-state index contributed by atoms with van der Waals surface area (Å²) in [6, 6.07) is 3.39. The van der Waals surface area contributed by atoms with Crippen LogP contribution in [0.1, 0.15) is 33.3 Å². The van der Waals surface area contributed by atoms with E-state index in [9.17, 15) is 12.8 Å². The van der Waals surface area contributed by atoms with E-state index in [0.717, 1.165) is 6.07 Å². The molecule has 4 nitrogen and oxygen atoms in total. The van der Waals surface area contributed by atoms with E-state index in [1.807, 2.05) is 20.8 Å². The minimum atomic E-state index is -3.66. The first-order valence-electron chi connectivity index (χ1n) is 6.09. The molecule has 0 fully saturated rings. The number of benzene rings is 1. The maximum absolute atomic E-state index is 13.3. The van der Waals surface area contributed by atoms with Gasteiger partial charge in [0.05, 0.1) is 4.90 Å². The van der Waals surface area contributed by atoms with Crippen molar-refractivity contribution < 1.29 is 12.8 Å². The molecule has 0 heterocycles. The molecule has 1 atom stereocenters. The molecule has 3 N–H and O–H groups in total. The van der Waals surface area contributed by atoms with Gasteiger partial charge in [-0.3, -0.25) is 0 Å². The fraction of sp³-hybridized carbons (Fsp3) is 0.538. The zero-order valence-electron chi connectivity index (χ0n) is 11.7. The fourth-order valence-electron chi connectivity index (χ4n) is 1.35. The number of hydrogen-bond acceptors (Lipinski definition) is 3. The Labute approximate surface area is 114 Å². The summed E-state index contributed by atoms with van der Waals surface area (Å²) in [5, 5.41) is 0. The van der Waals surface area contributed by atoms with Gasteiger partial charge in [0.2, 0.25) is 10.0 Å². The van der Waals surface area contributed by atoms with Gasteiger partial charge in [0.15, 0.2) is 0 Å². The van der Waals surface area contributed by atoms with Crippen LogP contribution in [0.15, 0.2) is 23.1 Å². The van der Waals surface area contributed by atoms with Gasteiger partial charge in [-0.2, -0.15) is 0 Å². The number of nitrogens with one attached hydrogen (secondary N) is 1. The molecule has 0 aliphatic heterocycles. The van der Waals surface area contributed by atoms with Crippen molar-refractivity contribution in [1.82, 2.24) is 4.72 Å². The quantitative estimate of drug-likeness (QED) is 0.890. The van der Waals surface area contributed by atoms with Crippen LogP contribution in [0.5, 0.6) is 0 Å². The Morgan fingerprint density at radius 1 is 1.37 bits per heavy atom. The molecule has 0 spiro atoms. The monoisotopic (exact) mass is 288 g/mol. The maximum Gasteiger partial charge on any atom is 0.240 e. The third-order valence-corrected chi connectivity index (χ3v) is 4.72. The lowest BCUT2D eigenvalue weighted by Crippen LogP contribution is -2.41. The zero-order chi connectivity index (χ0) is 14.8. The molecular formula is C13H21FN2O2S. The molecule has 1 aromatic rings. The van der Waals surface area contributed by atoms with Crippen LogP contribution in [0.4, 0.5) is 4.39 Å². The Morgan fingerprint density at radius 2 is 1.95 bits per heavy atom. The highest BCUT2D eigenvalue weighted by Gasteiger charge is 2.26. The van der Waals surface area contributed by atoms with Crippen molar-refractivity contribution >= 4 is 10.0 Å². The summed E-state index contributed by atoms with van der Waals surface area (Å²) in [5.41, 5.74) is 5.36. The molecule has 0 saturated heterocycles. The van der Waals surface area contributed by atoms with Crippen LogP contribution in [0, 0.1) is 11.2 Å². The summed E-state index contributed by atoms with van der Waals surface area (Å²) < 4.78 is 40.3. The van der Waals surface area contributed by atoms with Crippen LogP contribution in [0.25, 0.3) is 0 Å². The minimum absolute atomic E-state index is 0.0328. The van der Waals surface area contributed by atoms with Crippen LogP contribution in [0.2, 0.25) is 0 Å². The smallest absolute Gasteiger partial charge is 0.240 e. The first-order chi connectivity index (χ1) is 8.58. The Kier molecular flexibility index (Phi) is 4.71. The van der Waals surface area contributed by atoms with Crippen molar-refractivity contribution in [2.45, 2.75) is 45.2 Å². The lowest BCUT2D eigenvalue weighted by molar-refractivity contribution is 0.317. The third-order valence-electron chi connectivity index (χ3n) is 3.18. The summed E-state index contributed by atoms with van der Waals surface area (Å²) in [6.45, 7) is 7.58. The van der Waals surface area contributed by atoms with Gasteiger partial charge in [-0.1, -0.05) is 20.8 Å². The molecule has 0 saturated carbocycles. The summed E-state index contributed by atoms with van der Waals surface area (Å²) in [7, 11) is -3.66. The van der Waals surface area contributed by atoms with E-state index in [1.54, 1.807) is 6.92 Å². The lowest BCUT2D eigenvalue weighted by Gasteiger charge is -2.27. The van der Waals surface area contributed by atoms with Crippen LogP contribution < -0.4 is 10.5 Å². The molecule has 1 unspecified atom stereocenters. The summed E-state index contributed by atoms with van der Waals surface area (Å²) in [4.78, 5) is 0.0328. The predicted octanol–water partition coefficient (Wildman–Crippen LogP) is 2.00. The van der Waals surface area contributed by atoms with Gasteiger partial charge in [0.1, 0.15) is 5.82 Å². The van der Waals surface area contributed by atoms with Gasteiger partial charge >= 0.3 is 0 Å². The molecule has 1 aromatic carbocycles. The minimum Gasteiger partial charge on any atom is -0.326 e. The molecule has 0 aromatic heterocycles. The molecule has 0 aliphatic rings. The zero-order valence-corrected chi connectivity index (χ0v) is 12.5. The third kappa shape index (κ3) is 3.99. The van der Waals surface area contributed by atoms with Gasteiger partial charge in [-0.15, -0.1) is 0 Å². The highest BCUT2D eigenvalue weighted by atomic mass is 32.2. The average molecular weight is 288 g/mol. The molecule has 0 amide bonds. The summed E-state index contributed by atoms with van der Waals surface area (Å²) in [5.74, 6) is -0.495. The van der Waals surface area contributed by atoms with E-state index >= 15 is 0 Å². The molecule has 19 heavy (non-hydrogen) atoms. The van der Waals surface area contributed by atoms with E-state index in [0.29, 0.717) is 0 Å². The van der Waals surface area contributed by atoms with Crippen molar-refractivity contribution in [3.8, 4) is 0 Å². The van der Waals surface area contributed by atoms with Crippen molar-refractivity contribution in [2.75, 3.05) is 0 Å². The first-order valence-corrected chi connectivity index (χ1v) is 7.57. The molecule has 1 rings (SSSR count). The Bertz CT molecular complexity index is 550. The van der Waals surface area contributed by atoms with E-state index in [4.69, 9.17) is 5.73 Å². The molecule has 0 radical (unpaired) electrons. The van der Waals surface area contributed by atoms with Gasteiger partial charge < -0.3 is 5.73 Å². The normalized spacial score (nSPS) is 14.4. The fourth-order valence-corrected chi connectivity index (χ4v) is 2.85. The van der Waals surface area contributed by atoms with E-state index < -0.39 is 15.8 Å². The number of nitrogens with two attached hydrogens (primary N) is 1. The SMILES string of the molecule is CC(NS(=O)(=O)c1ccc(F)c(CN)c1)C(C)(C)C. The second kappa shape index (κ2) is 5.56. The molecule has 0 bridgehead atoms. The maximum atomic E-state index is 13.3. The molecular weight excluding hydrogens is 267 g/mol. The van der Waals surface area contributed by atoms with Crippen molar-refractivity contribution in [1.29, 1.82) is 0 Å². The van der Waals surface area contributed by atoms with Crippen molar-refractivity contribution in [3.63, 3.8) is 0 Å². The van der Waals surface area contributed by atoms with Crippen molar-refractivity contribution in [3.05, 3.63) is 29.6 Å². The number of halogens is 1. The van der Waals surface area contributed by atoms with Gasteiger partial charge in [0.25, 0.3) is 0 Å². The van der Waals surface area contributed by atoms with Gasteiger partial charge in [0, 0.05) is 18.2 Å². The number of sulfonamides is 1. The van der Waals surface area contributed by atoms with Crippen LogP contribution >= 0.6 is 0 Å². The van der Waals surface area contributed by atoms with Crippen molar-refractivity contribution in [2.24, 2.45) is 11.1 Å².